The minimum absolute atomic E-state index is 0.0252. The number of benzene rings is 2. The molecule has 0 unspecified atom stereocenters. The molecule has 0 bridgehead atoms. The molecular weight excluding hydrogens is 430 g/mol. The fourth-order valence-corrected chi connectivity index (χ4v) is 4.70. The molecule has 9 nitrogen and oxygen atoms in total. The first-order valence-corrected chi connectivity index (χ1v) is 11.1. The molecule has 3 aromatic rings. The summed E-state index contributed by atoms with van der Waals surface area (Å²) in [7, 11) is 0. The van der Waals surface area contributed by atoms with Gasteiger partial charge in [-0.3, -0.25) is 14.5 Å². The van der Waals surface area contributed by atoms with Gasteiger partial charge in [0.2, 0.25) is 5.91 Å². The zero-order valence-electron chi connectivity index (χ0n) is 17.2. The number of nitrogens with zero attached hydrogens (tertiary/aromatic N) is 3. The van der Waals surface area contributed by atoms with Gasteiger partial charge in [0, 0.05) is 24.3 Å². The number of aromatic nitrogens is 1. The summed E-state index contributed by atoms with van der Waals surface area (Å²) in [5, 5.41) is 6.38. The van der Waals surface area contributed by atoms with Crippen LogP contribution in [0.15, 0.2) is 42.5 Å². The lowest BCUT2D eigenvalue weighted by atomic mass is 10.1. The first kappa shape index (κ1) is 20.4. The largest absolute Gasteiger partial charge is 0.378 e. The summed E-state index contributed by atoms with van der Waals surface area (Å²) in [5.74, 6) is -0.490. The number of hydrogen-bond acceptors (Lipinski definition) is 7. The normalized spacial score (nSPS) is 16.5. The maximum Gasteiger partial charge on any atom is 0.324 e. The summed E-state index contributed by atoms with van der Waals surface area (Å²) in [6.45, 7) is 3.28. The standard InChI is InChI=1S/C22H21N5O4S/c28-19-12-23-21(30)27(19)13-14-1-3-15(4-2-14)20(29)24-16-5-6-17-18(11-16)32-22(25-17)26-7-9-31-10-8-26/h1-6,11H,7-10,12-13H2,(H,23,30)(H,24,29). The molecule has 0 spiro atoms. The Bertz CT molecular complexity index is 1170. The fraction of sp³-hybridized carbons (Fsp3) is 0.273. The van der Waals surface area contributed by atoms with E-state index in [4.69, 9.17) is 9.72 Å². The van der Waals surface area contributed by atoms with Crippen LogP contribution >= 0.6 is 11.3 Å². The predicted molar refractivity (Wildman–Crippen MR) is 121 cm³/mol. The van der Waals surface area contributed by atoms with Crippen molar-refractivity contribution in [3.63, 3.8) is 0 Å². The number of imide groups is 1. The summed E-state index contributed by atoms with van der Waals surface area (Å²) in [4.78, 5) is 44.1. The minimum atomic E-state index is -0.396. The number of fused-ring (bicyclic) bond motifs is 1. The quantitative estimate of drug-likeness (QED) is 0.578. The highest BCUT2D eigenvalue weighted by Gasteiger charge is 2.28. The molecule has 0 radical (unpaired) electrons. The van der Waals surface area contributed by atoms with Gasteiger partial charge in [0.25, 0.3) is 5.91 Å². The summed E-state index contributed by atoms with van der Waals surface area (Å²) >= 11 is 1.60. The summed E-state index contributed by atoms with van der Waals surface area (Å²) < 4.78 is 6.41. The molecular formula is C22H21N5O4S. The van der Waals surface area contributed by atoms with Crippen molar-refractivity contribution in [1.82, 2.24) is 15.2 Å². The lowest BCUT2D eigenvalue weighted by Crippen LogP contribution is -2.36. The van der Waals surface area contributed by atoms with E-state index in [-0.39, 0.29) is 24.9 Å². The van der Waals surface area contributed by atoms with Crippen molar-refractivity contribution in [1.29, 1.82) is 0 Å². The van der Waals surface area contributed by atoms with Crippen molar-refractivity contribution >= 4 is 50.2 Å². The van der Waals surface area contributed by atoms with Crippen molar-refractivity contribution in [2.75, 3.05) is 43.1 Å². The average Bonchev–Trinajstić information content (AvgIpc) is 3.38. The zero-order chi connectivity index (χ0) is 22.1. The first-order chi connectivity index (χ1) is 15.6. The van der Waals surface area contributed by atoms with Gasteiger partial charge in [-0.1, -0.05) is 23.5 Å². The fourth-order valence-electron chi connectivity index (χ4n) is 3.64. The second-order valence-electron chi connectivity index (χ2n) is 7.57. The van der Waals surface area contributed by atoms with Gasteiger partial charge in [-0.25, -0.2) is 9.78 Å². The van der Waals surface area contributed by atoms with Gasteiger partial charge in [-0.05, 0) is 35.9 Å². The summed E-state index contributed by atoms with van der Waals surface area (Å²) in [5.41, 5.74) is 2.86. The van der Waals surface area contributed by atoms with E-state index in [2.05, 4.69) is 15.5 Å². The van der Waals surface area contributed by atoms with E-state index in [1.54, 1.807) is 35.6 Å². The lowest BCUT2D eigenvalue weighted by molar-refractivity contribution is -0.125. The number of morpholine rings is 1. The van der Waals surface area contributed by atoms with Crippen LogP contribution in [0.4, 0.5) is 15.6 Å². The molecule has 164 valence electrons. The molecule has 2 saturated heterocycles. The van der Waals surface area contributed by atoms with Crippen molar-refractivity contribution in [2.24, 2.45) is 0 Å². The van der Waals surface area contributed by atoms with Gasteiger partial charge in [0.05, 0.1) is 36.5 Å². The number of anilines is 2. The third-order valence-electron chi connectivity index (χ3n) is 5.41. The highest BCUT2D eigenvalue weighted by atomic mass is 32.1. The Labute approximate surface area is 188 Å². The van der Waals surface area contributed by atoms with Gasteiger partial charge in [-0.15, -0.1) is 0 Å². The van der Waals surface area contributed by atoms with Gasteiger partial charge >= 0.3 is 6.03 Å². The van der Waals surface area contributed by atoms with Crippen LogP contribution in [0.25, 0.3) is 10.2 Å². The third-order valence-corrected chi connectivity index (χ3v) is 6.49. The van der Waals surface area contributed by atoms with E-state index in [9.17, 15) is 14.4 Å². The van der Waals surface area contributed by atoms with E-state index in [1.807, 2.05) is 18.2 Å². The van der Waals surface area contributed by atoms with Gasteiger partial charge in [-0.2, -0.15) is 0 Å². The molecule has 2 N–H and O–H groups in total. The molecule has 1 aromatic heterocycles. The second-order valence-corrected chi connectivity index (χ2v) is 8.58. The Kier molecular flexibility index (Phi) is 5.46. The van der Waals surface area contributed by atoms with E-state index in [0.29, 0.717) is 24.5 Å². The molecule has 2 aliphatic heterocycles. The third kappa shape index (κ3) is 4.14. The monoisotopic (exact) mass is 451 g/mol. The molecule has 0 atom stereocenters. The Morgan fingerprint density at radius 3 is 2.62 bits per heavy atom. The zero-order valence-corrected chi connectivity index (χ0v) is 18.0. The van der Waals surface area contributed by atoms with Crippen molar-refractivity contribution < 1.29 is 19.1 Å². The van der Waals surface area contributed by atoms with Crippen molar-refractivity contribution in [2.45, 2.75) is 6.54 Å². The van der Waals surface area contributed by atoms with Crippen LogP contribution in [0.3, 0.4) is 0 Å². The van der Waals surface area contributed by atoms with Crippen LogP contribution in [0, 0.1) is 0 Å². The van der Waals surface area contributed by atoms with E-state index in [0.717, 1.165) is 38.9 Å². The van der Waals surface area contributed by atoms with Crippen LogP contribution in [0.5, 0.6) is 0 Å². The highest BCUT2D eigenvalue weighted by Crippen LogP contribution is 2.31. The number of rotatable bonds is 5. The second kappa shape index (κ2) is 8.56. The van der Waals surface area contributed by atoms with Crippen LogP contribution in [-0.4, -0.2) is 60.6 Å². The number of nitrogens with one attached hydrogen (secondary N) is 2. The number of carbonyl (C=O) groups excluding carboxylic acids is 3. The highest BCUT2D eigenvalue weighted by molar-refractivity contribution is 7.22. The average molecular weight is 452 g/mol. The predicted octanol–water partition coefficient (Wildman–Crippen LogP) is 2.44. The van der Waals surface area contributed by atoms with Crippen molar-refractivity contribution in [3.05, 3.63) is 53.6 Å². The van der Waals surface area contributed by atoms with Crippen LogP contribution < -0.4 is 15.5 Å². The molecule has 3 heterocycles. The smallest absolute Gasteiger partial charge is 0.324 e. The summed E-state index contributed by atoms with van der Waals surface area (Å²) in [6.07, 6.45) is 0. The Morgan fingerprint density at radius 1 is 1.12 bits per heavy atom. The SMILES string of the molecule is O=C(Nc1ccc2nc(N3CCOCC3)sc2c1)c1ccc(CN2C(=O)CNC2=O)cc1. The van der Waals surface area contributed by atoms with Gasteiger partial charge < -0.3 is 20.3 Å². The molecule has 5 rings (SSSR count). The Hall–Kier alpha value is -3.50. The maximum absolute atomic E-state index is 12.7. The van der Waals surface area contributed by atoms with Gasteiger partial charge in [0.1, 0.15) is 0 Å². The van der Waals surface area contributed by atoms with Crippen LogP contribution in [0.1, 0.15) is 15.9 Å². The number of thiazole rings is 1. The van der Waals surface area contributed by atoms with E-state index >= 15 is 0 Å². The number of amides is 4. The molecule has 2 aromatic carbocycles. The number of urea groups is 1. The minimum Gasteiger partial charge on any atom is -0.378 e. The molecule has 2 fully saturated rings. The molecule has 32 heavy (non-hydrogen) atoms. The maximum atomic E-state index is 12.7. The van der Waals surface area contributed by atoms with Gasteiger partial charge in [0.15, 0.2) is 5.13 Å². The molecule has 4 amide bonds. The number of hydrogen-bond donors (Lipinski definition) is 2. The first-order valence-electron chi connectivity index (χ1n) is 10.3. The Balaban J connectivity index is 1.26. The molecule has 0 saturated carbocycles. The van der Waals surface area contributed by atoms with E-state index in [1.165, 1.54) is 0 Å². The number of carbonyl (C=O) groups is 3. The number of ether oxygens (including phenoxy) is 1. The van der Waals surface area contributed by atoms with Crippen LogP contribution in [-0.2, 0) is 16.1 Å². The van der Waals surface area contributed by atoms with Crippen LogP contribution in [0.2, 0.25) is 0 Å². The Morgan fingerprint density at radius 2 is 1.91 bits per heavy atom. The molecule has 2 aliphatic rings. The topological polar surface area (TPSA) is 104 Å². The molecule has 0 aliphatic carbocycles. The molecule has 10 heteroatoms. The summed E-state index contributed by atoms with van der Waals surface area (Å²) in [6, 6.07) is 12.1. The van der Waals surface area contributed by atoms with Crippen molar-refractivity contribution in [3.8, 4) is 0 Å². The lowest BCUT2D eigenvalue weighted by Gasteiger charge is -2.25. The van der Waals surface area contributed by atoms with E-state index < -0.39 is 6.03 Å².